The Kier molecular flexibility index (Phi) is 3.67. The third-order valence-corrected chi connectivity index (χ3v) is 4.10. The zero-order chi connectivity index (χ0) is 12.3. The normalized spacial score (nSPS) is 9.88. The number of nitrogen functional groups attached to an aromatic ring is 1. The number of nitrogens with zero attached hydrogens (tertiary/aromatic N) is 2. The SMILES string of the molecule is N#Cc1ccc(Sc2ncccc2N)c(Br)c1. The van der Waals surface area contributed by atoms with E-state index < -0.39 is 0 Å². The fraction of sp³-hybridized carbons (Fsp3) is 0. The molecule has 0 saturated heterocycles. The van der Waals surface area contributed by atoms with E-state index in [1.165, 1.54) is 11.8 Å². The van der Waals surface area contributed by atoms with Crippen molar-refractivity contribution in [1.82, 2.24) is 4.98 Å². The van der Waals surface area contributed by atoms with Gasteiger partial charge >= 0.3 is 0 Å². The zero-order valence-corrected chi connectivity index (χ0v) is 11.1. The Balaban J connectivity index is 2.32. The number of nitrogens with two attached hydrogens (primary N) is 1. The van der Waals surface area contributed by atoms with Crippen molar-refractivity contribution in [1.29, 1.82) is 5.26 Å². The van der Waals surface area contributed by atoms with E-state index in [0.717, 1.165) is 14.4 Å². The summed E-state index contributed by atoms with van der Waals surface area (Å²) in [7, 11) is 0. The second-order valence-electron chi connectivity index (χ2n) is 3.26. The summed E-state index contributed by atoms with van der Waals surface area (Å²) >= 11 is 4.90. The maximum absolute atomic E-state index is 8.78. The van der Waals surface area contributed by atoms with Crippen molar-refractivity contribution in [2.45, 2.75) is 9.92 Å². The number of nitriles is 1. The molecular formula is C12H8BrN3S. The maximum atomic E-state index is 8.78. The highest BCUT2D eigenvalue weighted by Gasteiger charge is 2.06. The zero-order valence-electron chi connectivity index (χ0n) is 8.72. The van der Waals surface area contributed by atoms with Crippen LogP contribution < -0.4 is 5.73 Å². The fourth-order valence-corrected chi connectivity index (χ4v) is 2.67. The Morgan fingerprint density at radius 1 is 1.35 bits per heavy atom. The minimum atomic E-state index is 0.621. The van der Waals surface area contributed by atoms with Crippen LogP contribution in [-0.2, 0) is 0 Å². The van der Waals surface area contributed by atoms with Crippen molar-refractivity contribution in [3.63, 3.8) is 0 Å². The van der Waals surface area contributed by atoms with E-state index in [0.29, 0.717) is 11.3 Å². The van der Waals surface area contributed by atoms with Crippen LogP contribution in [0.1, 0.15) is 5.56 Å². The van der Waals surface area contributed by atoms with Gasteiger partial charge in [0, 0.05) is 15.6 Å². The monoisotopic (exact) mass is 305 g/mol. The summed E-state index contributed by atoms with van der Waals surface area (Å²) < 4.78 is 0.867. The van der Waals surface area contributed by atoms with E-state index in [2.05, 4.69) is 27.0 Å². The summed E-state index contributed by atoms with van der Waals surface area (Å²) in [6.07, 6.45) is 1.70. The Bertz CT molecular complexity index is 593. The van der Waals surface area contributed by atoms with Gasteiger partial charge in [-0.3, -0.25) is 0 Å². The van der Waals surface area contributed by atoms with Gasteiger partial charge in [-0.15, -0.1) is 0 Å². The van der Waals surface area contributed by atoms with Crippen LogP contribution in [0.3, 0.4) is 0 Å². The molecule has 3 nitrogen and oxygen atoms in total. The van der Waals surface area contributed by atoms with Crippen LogP contribution in [-0.4, -0.2) is 4.98 Å². The third kappa shape index (κ3) is 2.78. The molecule has 0 aliphatic carbocycles. The molecule has 0 aliphatic rings. The van der Waals surface area contributed by atoms with Gasteiger partial charge in [0.05, 0.1) is 17.3 Å². The van der Waals surface area contributed by atoms with Gasteiger partial charge in [0.1, 0.15) is 5.03 Å². The first-order valence-electron chi connectivity index (χ1n) is 4.78. The van der Waals surface area contributed by atoms with Crippen molar-refractivity contribution >= 4 is 33.4 Å². The molecule has 0 radical (unpaired) electrons. The number of hydrogen-bond donors (Lipinski definition) is 1. The van der Waals surface area contributed by atoms with Gasteiger partial charge in [-0.05, 0) is 46.3 Å². The number of benzene rings is 1. The molecule has 0 atom stereocenters. The second-order valence-corrected chi connectivity index (χ2v) is 5.14. The summed E-state index contributed by atoms with van der Waals surface area (Å²) in [5.74, 6) is 0. The van der Waals surface area contributed by atoms with Gasteiger partial charge in [-0.25, -0.2) is 4.98 Å². The average molecular weight is 306 g/mol. The molecule has 2 N–H and O–H groups in total. The summed E-state index contributed by atoms with van der Waals surface area (Å²) in [5, 5.41) is 9.54. The van der Waals surface area contributed by atoms with Gasteiger partial charge < -0.3 is 5.73 Å². The fourth-order valence-electron chi connectivity index (χ4n) is 1.25. The van der Waals surface area contributed by atoms with Gasteiger partial charge in [0.15, 0.2) is 0 Å². The van der Waals surface area contributed by atoms with Crippen molar-refractivity contribution in [2.24, 2.45) is 0 Å². The number of halogens is 1. The van der Waals surface area contributed by atoms with E-state index in [1.54, 1.807) is 24.4 Å². The van der Waals surface area contributed by atoms with Crippen LogP contribution >= 0.6 is 27.7 Å². The standard InChI is InChI=1S/C12H8BrN3S/c13-9-6-8(7-14)3-4-11(9)17-12-10(15)2-1-5-16-12/h1-6H,15H2. The first kappa shape index (κ1) is 12.0. The third-order valence-electron chi connectivity index (χ3n) is 2.07. The predicted molar refractivity (Wildman–Crippen MR) is 71.6 cm³/mol. The summed E-state index contributed by atoms with van der Waals surface area (Å²) in [4.78, 5) is 5.19. The molecule has 1 heterocycles. The lowest BCUT2D eigenvalue weighted by atomic mass is 10.2. The topological polar surface area (TPSA) is 62.7 Å². The lowest BCUT2D eigenvalue weighted by Crippen LogP contribution is -1.90. The van der Waals surface area contributed by atoms with E-state index >= 15 is 0 Å². The van der Waals surface area contributed by atoms with Gasteiger partial charge in [-0.1, -0.05) is 11.8 Å². The molecule has 5 heteroatoms. The van der Waals surface area contributed by atoms with Crippen LogP contribution in [0, 0.1) is 11.3 Å². The Morgan fingerprint density at radius 3 is 2.82 bits per heavy atom. The molecule has 2 aromatic rings. The quantitative estimate of drug-likeness (QED) is 0.923. The van der Waals surface area contributed by atoms with Crippen LogP contribution in [0.25, 0.3) is 0 Å². The van der Waals surface area contributed by atoms with E-state index in [-0.39, 0.29) is 0 Å². The lowest BCUT2D eigenvalue weighted by Gasteiger charge is -2.05. The van der Waals surface area contributed by atoms with Crippen LogP contribution in [0.15, 0.2) is 50.9 Å². The van der Waals surface area contributed by atoms with E-state index in [9.17, 15) is 0 Å². The predicted octanol–water partition coefficient (Wildman–Crippen LogP) is 3.45. The highest BCUT2D eigenvalue weighted by Crippen LogP contribution is 2.35. The number of hydrogen-bond acceptors (Lipinski definition) is 4. The second kappa shape index (κ2) is 5.21. The first-order chi connectivity index (χ1) is 8.20. The summed E-state index contributed by atoms with van der Waals surface area (Å²) in [6, 6.07) is 11.1. The maximum Gasteiger partial charge on any atom is 0.124 e. The molecular weight excluding hydrogens is 298 g/mol. The van der Waals surface area contributed by atoms with E-state index in [1.807, 2.05) is 12.1 Å². The smallest absolute Gasteiger partial charge is 0.124 e. The Hall–Kier alpha value is -1.51. The van der Waals surface area contributed by atoms with Gasteiger partial charge in [0.25, 0.3) is 0 Å². The minimum absolute atomic E-state index is 0.621. The summed E-state index contributed by atoms with van der Waals surface area (Å²) in [5.41, 5.74) is 7.09. The van der Waals surface area contributed by atoms with Gasteiger partial charge in [-0.2, -0.15) is 5.26 Å². The molecule has 2 rings (SSSR count). The molecule has 84 valence electrons. The van der Waals surface area contributed by atoms with Crippen LogP contribution in [0.4, 0.5) is 5.69 Å². The first-order valence-corrected chi connectivity index (χ1v) is 6.39. The lowest BCUT2D eigenvalue weighted by molar-refractivity contribution is 1.14. The molecule has 0 unspecified atom stereocenters. The van der Waals surface area contributed by atoms with Crippen molar-refractivity contribution < 1.29 is 0 Å². The highest BCUT2D eigenvalue weighted by molar-refractivity contribution is 9.10. The number of anilines is 1. The van der Waals surface area contributed by atoms with Crippen molar-refractivity contribution in [3.8, 4) is 6.07 Å². The highest BCUT2D eigenvalue weighted by atomic mass is 79.9. The number of aromatic nitrogens is 1. The molecule has 0 amide bonds. The molecule has 0 bridgehead atoms. The number of rotatable bonds is 2. The largest absolute Gasteiger partial charge is 0.397 e. The molecule has 0 fully saturated rings. The van der Waals surface area contributed by atoms with Gasteiger partial charge in [0.2, 0.25) is 0 Å². The molecule has 0 saturated carbocycles. The average Bonchev–Trinajstić information content (AvgIpc) is 2.34. The minimum Gasteiger partial charge on any atom is -0.397 e. The Morgan fingerprint density at radius 2 is 2.18 bits per heavy atom. The molecule has 0 aliphatic heterocycles. The van der Waals surface area contributed by atoms with Crippen molar-refractivity contribution in [2.75, 3.05) is 5.73 Å². The van der Waals surface area contributed by atoms with E-state index in [4.69, 9.17) is 11.0 Å². The Labute approximate surface area is 112 Å². The molecule has 1 aromatic heterocycles. The summed E-state index contributed by atoms with van der Waals surface area (Å²) in [6.45, 7) is 0. The molecule has 0 spiro atoms. The van der Waals surface area contributed by atoms with Crippen LogP contribution in [0.5, 0.6) is 0 Å². The molecule has 1 aromatic carbocycles. The molecule has 17 heavy (non-hydrogen) atoms. The number of pyridine rings is 1. The van der Waals surface area contributed by atoms with Crippen molar-refractivity contribution in [3.05, 3.63) is 46.6 Å². The van der Waals surface area contributed by atoms with Crippen LogP contribution in [0.2, 0.25) is 0 Å².